The Bertz CT molecular complexity index is 1260. The molecule has 3 aromatic rings. The van der Waals surface area contributed by atoms with Gasteiger partial charge in [-0.15, -0.1) is 0 Å². The van der Waals surface area contributed by atoms with Crippen LogP contribution in [0.15, 0.2) is 41.4 Å². The fraction of sp³-hybridized carbons (Fsp3) is 0.286. The zero-order chi connectivity index (χ0) is 22.9. The highest BCUT2D eigenvalue weighted by Gasteiger charge is 2.31. The molecule has 7 nitrogen and oxygen atoms in total. The second-order valence-electron chi connectivity index (χ2n) is 6.73. The maximum Gasteiger partial charge on any atom is 0.416 e. The van der Waals surface area contributed by atoms with Crippen molar-refractivity contribution < 1.29 is 37.0 Å². The van der Waals surface area contributed by atoms with Gasteiger partial charge in [-0.05, 0) is 25.1 Å². The standard InChI is InChI=1S/C21H17F3N2O5S/c1-2-29-18(27)11-26-14-9-15-16(31-7-6-30-15)10-17(14)32-20(26)25-19(28)12-4-3-5-13(8-12)21(22,23)24/h3-5,8-10H,2,6-7,11H2,1H3. The molecular weight excluding hydrogens is 449 g/mol. The number of hydrogen-bond donors (Lipinski definition) is 0. The van der Waals surface area contributed by atoms with E-state index < -0.39 is 23.6 Å². The maximum atomic E-state index is 13.0. The molecule has 4 rings (SSSR count). The maximum absolute atomic E-state index is 13.0. The molecule has 1 aliphatic rings. The summed E-state index contributed by atoms with van der Waals surface area (Å²) < 4.78 is 57.3. The Kier molecular flexibility index (Phi) is 5.92. The molecule has 32 heavy (non-hydrogen) atoms. The number of esters is 1. The van der Waals surface area contributed by atoms with Gasteiger partial charge in [0.15, 0.2) is 16.3 Å². The summed E-state index contributed by atoms with van der Waals surface area (Å²) in [5.41, 5.74) is -0.606. The third-order valence-electron chi connectivity index (χ3n) is 4.57. The lowest BCUT2D eigenvalue weighted by molar-refractivity contribution is -0.143. The molecule has 1 amide bonds. The number of fused-ring (bicyclic) bond motifs is 2. The lowest BCUT2D eigenvalue weighted by Crippen LogP contribution is -2.23. The summed E-state index contributed by atoms with van der Waals surface area (Å²) in [6.45, 7) is 2.35. The van der Waals surface area contributed by atoms with Gasteiger partial charge in [-0.1, -0.05) is 17.4 Å². The summed E-state index contributed by atoms with van der Waals surface area (Å²) in [6.07, 6.45) is -4.59. The van der Waals surface area contributed by atoms with Crippen molar-refractivity contribution in [1.29, 1.82) is 0 Å². The van der Waals surface area contributed by atoms with Gasteiger partial charge < -0.3 is 18.8 Å². The van der Waals surface area contributed by atoms with E-state index >= 15 is 0 Å². The number of nitrogens with zero attached hydrogens (tertiary/aromatic N) is 2. The van der Waals surface area contributed by atoms with Gasteiger partial charge in [0.25, 0.3) is 5.91 Å². The first-order chi connectivity index (χ1) is 15.3. The molecule has 0 saturated carbocycles. The van der Waals surface area contributed by atoms with Crippen molar-refractivity contribution in [2.45, 2.75) is 19.6 Å². The molecule has 0 aliphatic carbocycles. The fourth-order valence-corrected chi connectivity index (χ4v) is 4.20. The van der Waals surface area contributed by atoms with Crippen LogP contribution in [-0.2, 0) is 22.3 Å². The number of halogens is 3. The molecular formula is C21H17F3N2O5S. The van der Waals surface area contributed by atoms with Crippen LogP contribution in [0.3, 0.4) is 0 Å². The number of thiazole rings is 1. The molecule has 2 aromatic carbocycles. The molecule has 0 fully saturated rings. The molecule has 11 heteroatoms. The normalized spacial score (nSPS) is 13.9. The van der Waals surface area contributed by atoms with Gasteiger partial charge in [-0.25, -0.2) is 0 Å². The van der Waals surface area contributed by atoms with Crippen LogP contribution >= 0.6 is 11.3 Å². The van der Waals surface area contributed by atoms with Gasteiger partial charge in [-0.3, -0.25) is 9.59 Å². The first kappa shape index (κ1) is 21.9. The first-order valence-corrected chi connectivity index (χ1v) is 10.4. The Hall–Kier alpha value is -3.34. The molecule has 0 saturated heterocycles. The number of amides is 1. The van der Waals surface area contributed by atoms with Crippen molar-refractivity contribution >= 4 is 33.4 Å². The smallest absolute Gasteiger partial charge is 0.416 e. The zero-order valence-corrected chi connectivity index (χ0v) is 17.6. The lowest BCUT2D eigenvalue weighted by Gasteiger charge is -2.18. The van der Waals surface area contributed by atoms with Gasteiger partial charge in [0.2, 0.25) is 0 Å². The number of rotatable bonds is 4. The van der Waals surface area contributed by atoms with Crippen LogP contribution in [0.2, 0.25) is 0 Å². The molecule has 168 valence electrons. The number of aromatic nitrogens is 1. The van der Waals surface area contributed by atoms with Crippen molar-refractivity contribution in [3.63, 3.8) is 0 Å². The van der Waals surface area contributed by atoms with Gasteiger partial charge >= 0.3 is 12.1 Å². The van der Waals surface area contributed by atoms with Gasteiger partial charge in [0.1, 0.15) is 19.8 Å². The average Bonchev–Trinajstić information content (AvgIpc) is 3.07. The topological polar surface area (TPSA) is 79.1 Å². The largest absolute Gasteiger partial charge is 0.486 e. The highest BCUT2D eigenvalue weighted by molar-refractivity contribution is 7.16. The summed E-state index contributed by atoms with van der Waals surface area (Å²) in [7, 11) is 0. The Balaban J connectivity index is 1.82. The predicted molar refractivity (Wildman–Crippen MR) is 109 cm³/mol. The molecule has 2 heterocycles. The summed E-state index contributed by atoms with van der Waals surface area (Å²) in [5, 5.41) is 0. The minimum atomic E-state index is -4.59. The highest BCUT2D eigenvalue weighted by Crippen LogP contribution is 2.35. The number of alkyl halides is 3. The number of hydrogen-bond acceptors (Lipinski definition) is 6. The minimum Gasteiger partial charge on any atom is -0.486 e. The molecule has 0 spiro atoms. The predicted octanol–water partition coefficient (Wildman–Crippen LogP) is 3.80. The van der Waals surface area contributed by atoms with Crippen LogP contribution in [-0.4, -0.2) is 36.3 Å². The third-order valence-corrected chi connectivity index (χ3v) is 5.61. The Morgan fingerprint density at radius 2 is 1.88 bits per heavy atom. The zero-order valence-electron chi connectivity index (χ0n) is 16.8. The van der Waals surface area contributed by atoms with Crippen LogP contribution in [0, 0.1) is 0 Å². The molecule has 1 aromatic heterocycles. The SMILES string of the molecule is CCOC(=O)Cn1c(=NC(=O)c2cccc(C(F)(F)F)c2)sc2cc3c(cc21)OCCO3. The first-order valence-electron chi connectivity index (χ1n) is 9.61. The van der Waals surface area contributed by atoms with E-state index in [9.17, 15) is 22.8 Å². The van der Waals surface area contributed by atoms with Crippen LogP contribution in [0.25, 0.3) is 10.2 Å². The van der Waals surface area contributed by atoms with Crippen LogP contribution in [0.1, 0.15) is 22.8 Å². The summed E-state index contributed by atoms with van der Waals surface area (Å²) in [5.74, 6) is -0.411. The van der Waals surface area contributed by atoms with E-state index in [1.807, 2.05) is 0 Å². The van der Waals surface area contributed by atoms with Crippen molar-refractivity contribution in [2.24, 2.45) is 4.99 Å². The van der Waals surface area contributed by atoms with E-state index in [4.69, 9.17) is 14.2 Å². The molecule has 0 N–H and O–H groups in total. The monoisotopic (exact) mass is 466 g/mol. The average molecular weight is 466 g/mol. The van der Waals surface area contributed by atoms with Crippen molar-refractivity contribution in [3.8, 4) is 11.5 Å². The number of ether oxygens (including phenoxy) is 3. The van der Waals surface area contributed by atoms with E-state index in [0.29, 0.717) is 34.9 Å². The van der Waals surface area contributed by atoms with Crippen molar-refractivity contribution in [1.82, 2.24) is 4.57 Å². The highest BCUT2D eigenvalue weighted by atomic mass is 32.1. The van der Waals surface area contributed by atoms with E-state index in [2.05, 4.69) is 4.99 Å². The Morgan fingerprint density at radius 1 is 1.16 bits per heavy atom. The molecule has 0 radical (unpaired) electrons. The van der Waals surface area contributed by atoms with Gasteiger partial charge in [-0.2, -0.15) is 18.2 Å². The lowest BCUT2D eigenvalue weighted by atomic mass is 10.1. The van der Waals surface area contributed by atoms with Crippen molar-refractivity contribution in [2.75, 3.05) is 19.8 Å². The molecule has 0 atom stereocenters. The number of carbonyl (C=O) groups is 2. The quantitative estimate of drug-likeness (QED) is 0.547. The summed E-state index contributed by atoms with van der Waals surface area (Å²) >= 11 is 1.10. The van der Waals surface area contributed by atoms with Gasteiger partial charge in [0, 0.05) is 17.7 Å². The second kappa shape index (κ2) is 8.65. The molecule has 0 bridgehead atoms. The molecule has 1 aliphatic heterocycles. The van der Waals surface area contributed by atoms with E-state index in [1.54, 1.807) is 19.1 Å². The van der Waals surface area contributed by atoms with Gasteiger partial charge in [0.05, 0.1) is 22.4 Å². The number of carbonyl (C=O) groups excluding carboxylic acids is 2. The fourth-order valence-electron chi connectivity index (χ4n) is 3.16. The number of benzene rings is 2. The van der Waals surface area contributed by atoms with Crippen molar-refractivity contribution in [3.05, 3.63) is 52.3 Å². The molecule has 0 unspecified atom stereocenters. The third kappa shape index (κ3) is 4.47. The second-order valence-corrected chi connectivity index (χ2v) is 7.74. The van der Waals surface area contributed by atoms with E-state index in [-0.39, 0.29) is 23.5 Å². The summed E-state index contributed by atoms with van der Waals surface area (Å²) in [4.78, 5) is 29.0. The van der Waals surface area contributed by atoms with Crippen LogP contribution < -0.4 is 14.3 Å². The van der Waals surface area contributed by atoms with E-state index in [1.165, 1.54) is 10.6 Å². The Labute approximate surface area is 183 Å². The van der Waals surface area contributed by atoms with Crippen LogP contribution in [0.5, 0.6) is 11.5 Å². The van der Waals surface area contributed by atoms with Crippen LogP contribution in [0.4, 0.5) is 13.2 Å². The minimum absolute atomic E-state index is 0.137. The van der Waals surface area contributed by atoms with E-state index in [0.717, 1.165) is 29.5 Å². The Morgan fingerprint density at radius 3 is 2.56 bits per heavy atom. The summed E-state index contributed by atoms with van der Waals surface area (Å²) in [6, 6.07) is 7.41.